The lowest BCUT2D eigenvalue weighted by Gasteiger charge is -2.25. The van der Waals surface area contributed by atoms with Gasteiger partial charge in [0.05, 0.1) is 0 Å². The summed E-state index contributed by atoms with van der Waals surface area (Å²) in [6, 6.07) is 6.24. The van der Waals surface area contributed by atoms with Gasteiger partial charge in [-0.1, -0.05) is 45.9 Å². The molecule has 0 aliphatic carbocycles. The van der Waals surface area contributed by atoms with E-state index in [0.29, 0.717) is 29.9 Å². The maximum atomic E-state index is 12.3. The molecule has 120 valence electrons. The van der Waals surface area contributed by atoms with E-state index >= 15 is 0 Å². The van der Waals surface area contributed by atoms with Crippen LogP contribution < -0.4 is 10.1 Å². The summed E-state index contributed by atoms with van der Waals surface area (Å²) in [5, 5.41) is 3.24. The lowest BCUT2D eigenvalue weighted by Crippen LogP contribution is -2.29. The molecule has 0 atom stereocenters. The first-order chi connectivity index (χ1) is 9.70. The van der Waals surface area contributed by atoms with Crippen LogP contribution in [-0.2, 0) is 6.54 Å². The Hall–Kier alpha value is -1.23. The fraction of sp³-hybridized carbons (Fsp3) is 0.625. The predicted molar refractivity (Wildman–Crippen MR) is 78.0 cm³/mol. The van der Waals surface area contributed by atoms with Crippen LogP contribution in [-0.4, -0.2) is 12.9 Å². The Morgan fingerprint density at radius 3 is 2.14 bits per heavy atom. The third-order valence-corrected chi connectivity index (χ3v) is 3.61. The first-order valence-electron chi connectivity index (χ1n) is 7.25. The topological polar surface area (TPSA) is 21.3 Å². The van der Waals surface area contributed by atoms with Crippen molar-refractivity contribution in [3.05, 3.63) is 29.8 Å². The molecule has 0 radical (unpaired) electrons. The number of ether oxygens (including phenoxy) is 1. The molecule has 0 saturated carbocycles. The molecule has 0 unspecified atom stereocenters. The Morgan fingerprint density at radius 1 is 1.05 bits per heavy atom. The average Bonchev–Trinajstić information content (AvgIpc) is 2.33. The minimum atomic E-state index is -4.66. The zero-order chi connectivity index (χ0) is 16.0. The molecule has 0 heterocycles. The van der Waals surface area contributed by atoms with Crippen LogP contribution >= 0.6 is 0 Å². The summed E-state index contributed by atoms with van der Waals surface area (Å²) in [5.41, 5.74) is 0.515. The highest BCUT2D eigenvalue weighted by atomic mass is 19.4. The molecule has 0 bridgehead atoms. The van der Waals surface area contributed by atoms with Gasteiger partial charge < -0.3 is 10.1 Å². The van der Waals surface area contributed by atoms with Gasteiger partial charge in [0.15, 0.2) is 0 Å². The molecular formula is C16H24F3NO. The van der Waals surface area contributed by atoms with Crippen molar-refractivity contribution in [3.8, 4) is 5.75 Å². The van der Waals surface area contributed by atoms with Gasteiger partial charge >= 0.3 is 6.36 Å². The van der Waals surface area contributed by atoms with Crippen molar-refractivity contribution in [2.24, 2.45) is 17.8 Å². The second kappa shape index (κ2) is 7.69. The van der Waals surface area contributed by atoms with Crippen LogP contribution in [0.4, 0.5) is 13.2 Å². The summed E-state index contributed by atoms with van der Waals surface area (Å²) in [6.45, 7) is 9.78. The first kappa shape index (κ1) is 17.8. The van der Waals surface area contributed by atoms with Gasteiger partial charge in [-0.05, 0) is 30.4 Å². The molecule has 0 spiro atoms. The normalized spacial score (nSPS) is 12.5. The van der Waals surface area contributed by atoms with Crippen LogP contribution in [0.1, 0.15) is 33.3 Å². The summed E-state index contributed by atoms with van der Waals surface area (Å²) in [4.78, 5) is 0. The van der Waals surface area contributed by atoms with Gasteiger partial charge in [-0.25, -0.2) is 0 Å². The van der Waals surface area contributed by atoms with E-state index in [2.05, 4.69) is 37.7 Å². The summed E-state index contributed by atoms with van der Waals surface area (Å²) in [6.07, 6.45) is -4.66. The van der Waals surface area contributed by atoms with Crippen LogP contribution in [0.5, 0.6) is 5.75 Å². The van der Waals surface area contributed by atoms with Crippen molar-refractivity contribution in [1.82, 2.24) is 5.32 Å². The van der Waals surface area contributed by atoms with Gasteiger partial charge in [-0.2, -0.15) is 0 Å². The van der Waals surface area contributed by atoms with Crippen LogP contribution in [0, 0.1) is 17.8 Å². The monoisotopic (exact) mass is 303 g/mol. The van der Waals surface area contributed by atoms with Gasteiger partial charge in [0.25, 0.3) is 0 Å². The Bertz CT molecular complexity index is 422. The SMILES string of the molecule is CC(C)C(CNCc1ccccc1OC(F)(F)F)C(C)C. The molecule has 0 aliphatic rings. The van der Waals surface area contributed by atoms with Crippen molar-refractivity contribution >= 4 is 0 Å². The highest BCUT2D eigenvalue weighted by Gasteiger charge is 2.31. The third-order valence-electron chi connectivity index (χ3n) is 3.61. The summed E-state index contributed by atoms with van der Waals surface area (Å²) < 4.78 is 41.1. The van der Waals surface area contributed by atoms with Crippen molar-refractivity contribution in [2.75, 3.05) is 6.54 Å². The second-order valence-corrected chi connectivity index (χ2v) is 5.94. The van der Waals surface area contributed by atoms with Crippen molar-refractivity contribution in [3.63, 3.8) is 0 Å². The molecule has 2 nitrogen and oxygen atoms in total. The predicted octanol–water partition coefficient (Wildman–Crippen LogP) is 4.60. The van der Waals surface area contributed by atoms with E-state index in [0.717, 1.165) is 6.54 Å². The highest BCUT2D eigenvalue weighted by Crippen LogP contribution is 2.26. The van der Waals surface area contributed by atoms with E-state index in [1.165, 1.54) is 12.1 Å². The number of nitrogens with one attached hydrogen (secondary N) is 1. The lowest BCUT2D eigenvalue weighted by atomic mass is 9.85. The van der Waals surface area contributed by atoms with Gasteiger partial charge in [-0.3, -0.25) is 0 Å². The van der Waals surface area contributed by atoms with Crippen molar-refractivity contribution in [1.29, 1.82) is 0 Å². The summed E-state index contributed by atoms with van der Waals surface area (Å²) in [5.74, 6) is 1.40. The summed E-state index contributed by atoms with van der Waals surface area (Å²) in [7, 11) is 0. The Balaban J connectivity index is 2.63. The number of halogens is 3. The van der Waals surface area contributed by atoms with Crippen LogP contribution in [0.15, 0.2) is 24.3 Å². The van der Waals surface area contributed by atoms with Crippen LogP contribution in [0.25, 0.3) is 0 Å². The molecule has 0 aromatic heterocycles. The van der Waals surface area contributed by atoms with E-state index in [9.17, 15) is 13.2 Å². The molecule has 1 rings (SSSR count). The molecule has 0 fully saturated rings. The zero-order valence-corrected chi connectivity index (χ0v) is 13.0. The lowest BCUT2D eigenvalue weighted by molar-refractivity contribution is -0.274. The smallest absolute Gasteiger partial charge is 0.405 e. The second-order valence-electron chi connectivity index (χ2n) is 5.94. The molecule has 1 aromatic carbocycles. The standard InChI is InChI=1S/C16H24F3NO/c1-11(2)14(12(3)4)10-20-9-13-7-5-6-8-15(13)21-16(17,18)19/h5-8,11-12,14,20H,9-10H2,1-4H3. The number of hydrogen-bond acceptors (Lipinski definition) is 2. The Morgan fingerprint density at radius 2 is 1.62 bits per heavy atom. The highest BCUT2D eigenvalue weighted by molar-refractivity contribution is 5.33. The van der Waals surface area contributed by atoms with Crippen LogP contribution in [0.2, 0.25) is 0 Å². The molecular weight excluding hydrogens is 279 g/mol. The summed E-state index contributed by atoms with van der Waals surface area (Å²) >= 11 is 0. The molecule has 5 heteroatoms. The van der Waals surface area contributed by atoms with Gasteiger partial charge in [0.1, 0.15) is 5.75 Å². The Kier molecular flexibility index (Phi) is 6.52. The maximum absolute atomic E-state index is 12.3. The molecule has 0 aliphatic heterocycles. The number of rotatable bonds is 7. The molecule has 0 amide bonds. The van der Waals surface area contributed by atoms with Crippen LogP contribution in [0.3, 0.4) is 0 Å². The van der Waals surface area contributed by atoms with E-state index < -0.39 is 6.36 Å². The van der Waals surface area contributed by atoms with Gasteiger partial charge in [-0.15, -0.1) is 13.2 Å². The fourth-order valence-electron chi connectivity index (χ4n) is 2.49. The first-order valence-corrected chi connectivity index (χ1v) is 7.25. The maximum Gasteiger partial charge on any atom is 0.573 e. The number of hydrogen-bond donors (Lipinski definition) is 1. The Labute approximate surface area is 124 Å². The number of para-hydroxylation sites is 1. The van der Waals surface area contributed by atoms with E-state index in [1.54, 1.807) is 12.1 Å². The molecule has 1 N–H and O–H groups in total. The van der Waals surface area contributed by atoms with Gasteiger partial charge in [0.2, 0.25) is 0 Å². The largest absolute Gasteiger partial charge is 0.573 e. The van der Waals surface area contributed by atoms with E-state index in [4.69, 9.17) is 0 Å². The quantitative estimate of drug-likeness (QED) is 0.794. The molecule has 1 aromatic rings. The van der Waals surface area contributed by atoms with E-state index in [-0.39, 0.29) is 5.75 Å². The van der Waals surface area contributed by atoms with E-state index in [1.807, 2.05) is 0 Å². The zero-order valence-electron chi connectivity index (χ0n) is 13.0. The minimum Gasteiger partial charge on any atom is -0.405 e. The molecule has 0 saturated heterocycles. The number of alkyl halides is 3. The average molecular weight is 303 g/mol. The molecule has 21 heavy (non-hydrogen) atoms. The van der Waals surface area contributed by atoms with Gasteiger partial charge in [0, 0.05) is 12.1 Å². The minimum absolute atomic E-state index is 0.136. The number of benzene rings is 1. The van der Waals surface area contributed by atoms with Crippen molar-refractivity contribution in [2.45, 2.75) is 40.6 Å². The van der Waals surface area contributed by atoms with Crippen molar-refractivity contribution < 1.29 is 17.9 Å². The fourth-order valence-corrected chi connectivity index (χ4v) is 2.49. The third kappa shape index (κ3) is 6.38.